The summed E-state index contributed by atoms with van der Waals surface area (Å²) in [6.07, 6.45) is 3.79. The highest BCUT2D eigenvalue weighted by Gasteiger charge is 2.37. The first-order chi connectivity index (χ1) is 10.3. The van der Waals surface area contributed by atoms with Crippen molar-refractivity contribution in [1.29, 1.82) is 0 Å². The Labute approximate surface area is 123 Å². The van der Waals surface area contributed by atoms with Gasteiger partial charge in [0.15, 0.2) is 0 Å². The first kappa shape index (κ1) is 12.9. The molecule has 1 aromatic carbocycles. The third-order valence-electron chi connectivity index (χ3n) is 4.28. The van der Waals surface area contributed by atoms with Crippen molar-refractivity contribution >= 4 is 16.9 Å². The zero-order valence-electron chi connectivity index (χ0n) is 12.0. The first-order valence-electron chi connectivity index (χ1n) is 7.71. The van der Waals surface area contributed by atoms with Gasteiger partial charge in [0, 0.05) is 18.0 Å². The van der Waals surface area contributed by atoms with Crippen LogP contribution in [0, 0.1) is 0 Å². The van der Waals surface area contributed by atoms with Crippen LogP contribution in [0.4, 0.5) is 0 Å². The van der Waals surface area contributed by atoms with Gasteiger partial charge >= 0.3 is 0 Å². The highest BCUT2D eigenvalue weighted by Crippen LogP contribution is 2.31. The number of para-hydroxylation sites is 1. The van der Waals surface area contributed by atoms with Crippen LogP contribution in [0.1, 0.15) is 31.4 Å². The molecule has 2 heterocycles. The quantitative estimate of drug-likeness (QED) is 0.867. The van der Waals surface area contributed by atoms with Crippen LogP contribution in [0.25, 0.3) is 11.0 Å². The lowest BCUT2D eigenvalue weighted by Crippen LogP contribution is -2.39. The molecule has 1 saturated carbocycles. The van der Waals surface area contributed by atoms with E-state index >= 15 is 0 Å². The van der Waals surface area contributed by atoms with Crippen molar-refractivity contribution in [2.45, 2.75) is 44.4 Å². The third-order valence-corrected chi connectivity index (χ3v) is 4.28. The summed E-state index contributed by atoms with van der Waals surface area (Å²) in [5.74, 6) is 0.991. The monoisotopic (exact) mass is 285 g/mol. The van der Waals surface area contributed by atoms with Gasteiger partial charge in [-0.05, 0) is 37.8 Å². The summed E-state index contributed by atoms with van der Waals surface area (Å²) in [6, 6.07) is 10.4. The molecule has 1 atom stereocenters. The van der Waals surface area contributed by atoms with Crippen molar-refractivity contribution in [3.8, 4) is 0 Å². The number of hydrogen-bond donors (Lipinski definition) is 0. The van der Waals surface area contributed by atoms with Gasteiger partial charge in [0.05, 0.1) is 6.54 Å². The summed E-state index contributed by atoms with van der Waals surface area (Å²) in [7, 11) is 0. The fourth-order valence-electron chi connectivity index (χ4n) is 3.01. The largest absolute Gasteiger partial charge is 0.459 e. The molecule has 0 radical (unpaired) electrons. The van der Waals surface area contributed by atoms with Crippen LogP contribution in [0.15, 0.2) is 34.7 Å². The van der Waals surface area contributed by atoms with E-state index in [0.29, 0.717) is 19.2 Å². The normalized spacial score (nSPS) is 21.8. The summed E-state index contributed by atoms with van der Waals surface area (Å²) >= 11 is 0. The van der Waals surface area contributed by atoms with Crippen molar-refractivity contribution in [2.75, 3.05) is 6.61 Å². The molecule has 2 aliphatic rings. The van der Waals surface area contributed by atoms with Crippen LogP contribution in [0.3, 0.4) is 0 Å². The van der Waals surface area contributed by atoms with Crippen LogP contribution in [-0.2, 0) is 16.1 Å². The summed E-state index contributed by atoms with van der Waals surface area (Å²) in [6.45, 7) is 1.26. The molecule has 1 aliphatic heterocycles. The molecular formula is C17H19NO3. The van der Waals surface area contributed by atoms with Gasteiger partial charge in [-0.3, -0.25) is 4.79 Å². The van der Waals surface area contributed by atoms with Crippen LogP contribution < -0.4 is 0 Å². The lowest BCUT2D eigenvalue weighted by Gasteiger charge is -2.24. The van der Waals surface area contributed by atoms with Gasteiger partial charge in [0.25, 0.3) is 5.91 Å². The minimum atomic E-state index is -0.241. The Balaban J connectivity index is 1.55. The first-order valence-corrected chi connectivity index (χ1v) is 7.71. The number of furan rings is 1. The smallest absolute Gasteiger partial charge is 0.252 e. The van der Waals surface area contributed by atoms with Crippen molar-refractivity contribution in [1.82, 2.24) is 4.90 Å². The number of amides is 1. The highest BCUT2D eigenvalue weighted by molar-refractivity contribution is 5.82. The highest BCUT2D eigenvalue weighted by atomic mass is 16.5. The molecular weight excluding hydrogens is 266 g/mol. The number of ether oxygens (including phenoxy) is 1. The van der Waals surface area contributed by atoms with Gasteiger partial charge in [-0.1, -0.05) is 18.2 Å². The molecule has 4 rings (SSSR count). The van der Waals surface area contributed by atoms with Gasteiger partial charge < -0.3 is 14.1 Å². The van der Waals surface area contributed by atoms with E-state index in [0.717, 1.165) is 42.4 Å². The lowest BCUT2D eigenvalue weighted by atomic mass is 10.2. The predicted octanol–water partition coefficient (Wildman–Crippen LogP) is 3.10. The summed E-state index contributed by atoms with van der Waals surface area (Å²) < 4.78 is 11.4. The van der Waals surface area contributed by atoms with E-state index in [1.807, 2.05) is 35.2 Å². The van der Waals surface area contributed by atoms with E-state index in [4.69, 9.17) is 9.15 Å². The maximum Gasteiger partial charge on any atom is 0.252 e. The fourth-order valence-corrected chi connectivity index (χ4v) is 3.01. The molecule has 2 aromatic rings. The van der Waals surface area contributed by atoms with Gasteiger partial charge in [0.2, 0.25) is 0 Å². The minimum Gasteiger partial charge on any atom is -0.459 e. The molecule has 2 fully saturated rings. The summed E-state index contributed by atoms with van der Waals surface area (Å²) in [4.78, 5) is 14.6. The zero-order valence-corrected chi connectivity index (χ0v) is 12.0. The third kappa shape index (κ3) is 2.56. The van der Waals surface area contributed by atoms with Gasteiger partial charge in [-0.25, -0.2) is 0 Å². The van der Waals surface area contributed by atoms with Crippen molar-refractivity contribution in [3.63, 3.8) is 0 Å². The predicted molar refractivity (Wildman–Crippen MR) is 78.8 cm³/mol. The minimum absolute atomic E-state index is 0.135. The Morgan fingerprint density at radius 1 is 1.24 bits per heavy atom. The van der Waals surface area contributed by atoms with Crippen LogP contribution >= 0.6 is 0 Å². The molecule has 1 aliphatic carbocycles. The van der Waals surface area contributed by atoms with Crippen LogP contribution in [0.2, 0.25) is 0 Å². The van der Waals surface area contributed by atoms with Crippen molar-refractivity contribution in [2.24, 2.45) is 0 Å². The molecule has 1 aromatic heterocycles. The van der Waals surface area contributed by atoms with E-state index in [-0.39, 0.29) is 12.0 Å². The summed E-state index contributed by atoms with van der Waals surface area (Å²) in [5, 5.41) is 1.09. The van der Waals surface area contributed by atoms with Gasteiger partial charge in [-0.2, -0.15) is 0 Å². The number of benzene rings is 1. The molecule has 0 bridgehead atoms. The molecule has 4 heteroatoms. The van der Waals surface area contributed by atoms with Crippen molar-refractivity contribution in [3.05, 3.63) is 36.1 Å². The average molecular weight is 285 g/mol. The Hall–Kier alpha value is -1.81. The molecule has 4 nitrogen and oxygen atoms in total. The Morgan fingerprint density at radius 2 is 2.10 bits per heavy atom. The topological polar surface area (TPSA) is 42.7 Å². The molecule has 1 amide bonds. The maximum absolute atomic E-state index is 12.6. The van der Waals surface area contributed by atoms with Crippen LogP contribution in [-0.4, -0.2) is 29.6 Å². The van der Waals surface area contributed by atoms with Gasteiger partial charge in [0.1, 0.15) is 17.4 Å². The fraction of sp³-hybridized carbons (Fsp3) is 0.471. The summed E-state index contributed by atoms with van der Waals surface area (Å²) in [5.41, 5.74) is 0.882. The Bertz CT molecular complexity index is 620. The number of carbonyl (C=O) groups is 1. The number of rotatable bonds is 4. The SMILES string of the molecule is O=C([C@H]1CCCO1)N(Cc1cc2ccccc2o1)C1CC1. The number of carbonyl (C=O) groups excluding carboxylic acids is 1. The zero-order chi connectivity index (χ0) is 14.2. The van der Waals surface area contributed by atoms with Gasteiger partial charge in [-0.15, -0.1) is 0 Å². The van der Waals surface area contributed by atoms with E-state index in [1.54, 1.807) is 0 Å². The van der Waals surface area contributed by atoms with Crippen molar-refractivity contribution < 1.29 is 13.9 Å². The van der Waals surface area contributed by atoms with E-state index in [2.05, 4.69) is 0 Å². The molecule has 0 N–H and O–H groups in total. The second-order valence-electron chi connectivity index (χ2n) is 5.95. The molecule has 110 valence electrons. The number of hydrogen-bond acceptors (Lipinski definition) is 3. The van der Waals surface area contributed by atoms with E-state index in [1.165, 1.54) is 0 Å². The Kier molecular flexibility index (Phi) is 3.19. The molecule has 21 heavy (non-hydrogen) atoms. The second-order valence-corrected chi connectivity index (χ2v) is 5.95. The maximum atomic E-state index is 12.6. The van der Waals surface area contributed by atoms with Crippen LogP contribution in [0.5, 0.6) is 0 Å². The standard InChI is InChI=1S/C17H19NO3/c19-17(16-6-3-9-20-16)18(13-7-8-13)11-14-10-12-4-1-2-5-15(12)21-14/h1-2,4-5,10,13,16H,3,6-9,11H2/t16-/m1/s1. The molecule has 0 spiro atoms. The van der Waals surface area contributed by atoms with E-state index in [9.17, 15) is 4.79 Å². The molecule has 1 saturated heterocycles. The number of fused-ring (bicyclic) bond motifs is 1. The molecule has 0 unspecified atom stereocenters. The lowest BCUT2D eigenvalue weighted by molar-refractivity contribution is -0.142. The second kappa shape index (κ2) is 5.19. The Morgan fingerprint density at radius 3 is 2.81 bits per heavy atom. The number of nitrogens with zero attached hydrogens (tertiary/aromatic N) is 1. The average Bonchev–Trinajstić information content (AvgIpc) is 3.04. The van der Waals surface area contributed by atoms with E-state index < -0.39 is 0 Å².